The van der Waals surface area contributed by atoms with Crippen molar-refractivity contribution >= 4 is 59.1 Å². The van der Waals surface area contributed by atoms with E-state index in [-0.39, 0.29) is 64.2 Å². The van der Waals surface area contributed by atoms with Gasteiger partial charge in [-0.05, 0) is 91.4 Å². The summed E-state index contributed by atoms with van der Waals surface area (Å²) in [6.07, 6.45) is -5.91. The molecule has 0 aromatic rings. The van der Waals surface area contributed by atoms with Crippen LogP contribution in [0.2, 0.25) is 0 Å². The third-order valence-electron chi connectivity index (χ3n) is 10.8. The van der Waals surface area contributed by atoms with E-state index in [0.717, 1.165) is 13.8 Å². The Balaban J connectivity index is 3.83. The SMILES string of the molecule is CC(C)C[C@H]1NC(=O)[C@H](CCN)NC(=O)[C@@H](NC(=O)[C@@H](CO)NC(=O)[C@@H](NC(=O)[C@@H](N)CCN)[C@@H](C)O)CCNC(=O)[C@H]([C@@H](C)O)NC(=O)[C@H](CCN)NC(=O)[C@H](CCN)NC(=O)[C@H]([C@@H](C)O)NC1=O. The molecule has 1 fully saturated rings. The highest BCUT2D eigenvalue weighted by molar-refractivity contribution is 5.99. The average Bonchev–Trinajstić information content (AvgIpc) is 3.28. The molecule has 29 nitrogen and oxygen atoms in total. The molecule has 29 heteroatoms. The minimum Gasteiger partial charge on any atom is -0.394 e. The number of hydrogen-bond acceptors (Lipinski definition) is 19. The molecule has 24 N–H and O–H groups in total. The molecule has 1 aliphatic rings. The number of amides is 10. The number of aliphatic hydroxyl groups excluding tert-OH is 4. The molecule has 0 aliphatic carbocycles. The van der Waals surface area contributed by atoms with Crippen molar-refractivity contribution in [2.45, 2.75) is 152 Å². The van der Waals surface area contributed by atoms with Crippen molar-refractivity contribution in [3.05, 3.63) is 0 Å². The Bertz CT molecular complexity index is 1770. The molecule has 1 rings (SSSR count). The molecule has 0 unspecified atom stereocenters. The summed E-state index contributed by atoms with van der Waals surface area (Å²) in [6, 6.07) is -15.7. The van der Waals surface area contributed by atoms with Crippen molar-refractivity contribution in [2.24, 2.45) is 34.6 Å². The molecule has 1 saturated heterocycles. The van der Waals surface area contributed by atoms with Crippen LogP contribution in [0.15, 0.2) is 0 Å². The largest absolute Gasteiger partial charge is 0.394 e. The predicted octanol–water partition coefficient (Wildman–Crippen LogP) is -10.2. The maximum Gasteiger partial charge on any atom is 0.245 e. The molecule has 10 amide bonds. The van der Waals surface area contributed by atoms with E-state index in [4.69, 9.17) is 28.7 Å². The van der Waals surface area contributed by atoms with Crippen molar-refractivity contribution in [3.63, 3.8) is 0 Å². The molecule has 0 aromatic carbocycles. The van der Waals surface area contributed by atoms with Crippen molar-refractivity contribution in [1.82, 2.24) is 53.2 Å². The Morgan fingerprint density at radius 1 is 0.586 bits per heavy atom. The third-order valence-corrected chi connectivity index (χ3v) is 10.8. The van der Waals surface area contributed by atoms with Gasteiger partial charge in [-0.25, -0.2) is 0 Å². The topological polar surface area (TPSA) is 502 Å². The lowest BCUT2D eigenvalue weighted by Gasteiger charge is -2.29. The quantitative estimate of drug-likeness (QED) is 0.0538. The van der Waals surface area contributed by atoms with Gasteiger partial charge in [0.05, 0.1) is 31.0 Å². The number of carbonyl (C=O) groups is 10. The fraction of sp³-hybridized carbons (Fsp3) is 0.756. The maximum atomic E-state index is 14.1. The zero-order chi connectivity index (χ0) is 53.4. The van der Waals surface area contributed by atoms with Crippen LogP contribution >= 0.6 is 0 Å². The molecule has 0 saturated carbocycles. The van der Waals surface area contributed by atoms with E-state index in [1.807, 2.05) is 0 Å². The van der Waals surface area contributed by atoms with Gasteiger partial charge in [0.1, 0.15) is 54.4 Å². The first-order valence-corrected chi connectivity index (χ1v) is 23.1. The summed E-state index contributed by atoms with van der Waals surface area (Å²) in [5, 5.41) is 65.5. The van der Waals surface area contributed by atoms with E-state index < -0.39 is 157 Å². The van der Waals surface area contributed by atoms with E-state index in [2.05, 4.69) is 53.2 Å². The summed E-state index contributed by atoms with van der Waals surface area (Å²) in [5.41, 5.74) is 28.5. The van der Waals surface area contributed by atoms with Crippen molar-refractivity contribution in [2.75, 3.05) is 39.3 Å². The molecule has 0 bridgehead atoms. The number of nitrogens with two attached hydrogens (primary N) is 5. The second kappa shape index (κ2) is 31.5. The van der Waals surface area contributed by atoms with Crippen LogP contribution in [0, 0.1) is 5.92 Å². The van der Waals surface area contributed by atoms with Gasteiger partial charge in [0.25, 0.3) is 0 Å². The summed E-state index contributed by atoms with van der Waals surface area (Å²) in [6.45, 7) is 4.79. The van der Waals surface area contributed by atoms with Crippen molar-refractivity contribution in [1.29, 1.82) is 0 Å². The fourth-order valence-electron chi connectivity index (χ4n) is 6.83. The zero-order valence-electron chi connectivity index (χ0n) is 40.3. The lowest BCUT2D eigenvalue weighted by Crippen LogP contribution is -2.62. The van der Waals surface area contributed by atoms with E-state index in [9.17, 15) is 68.4 Å². The van der Waals surface area contributed by atoms with Crippen LogP contribution in [0.5, 0.6) is 0 Å². The fourth-order valence-corrected chi connectivity index (χ4v) is 6.83. The van der Waals surface area contributed by atoms with Crippen LogP contribution in [0.1, 0.15) is 73.1 Å². The van der Waals surface area contributed by atoms with Gasteiger partial charge in [-0.3, -0.25) is 47.9 Å². The number of hydrogen-bond donors (Lipinski definition) is 19. The van der Waals surface area contributed by atoms with Gasteiger partial charge in [0.15, 0.2) is 0 Å². The zero-order valence-corrected chi connectivity index (χ0v) is 40.3. The lowest BCUT2D eigenvalue weighted by atomic mass is 10.0. The Morgan fingerprint density at radius 2 is 1.03 bits per heavy atom. The first kappa shape index (κ1) is 62.4. The van der Waals surface area contributed by atoms with Crippen LogP contribution < -0.4 is 81.8 Å². The number of carbonyl (C=O) groups excluding carboxylic acids is 10. The van der Waals surface area contributed by atoms with Crippen molar-refractivity contribution in [3.8, 4) is 0 Å². The summed E-state index contributed by atoms with van der Waals surface area (Å²) in [7, 11) is 0. The first-order valence-electron chi connectivity index (χ1n) is 23.1. The van der Waals surface area contributed by atoms with Gasteiger partial charge >= 0.3 is 0 Å². The summed E-state index contributed by atoms with van der Waals surface area (Å²) in [4.78, 5) is 136. The molecule has 400 valence electrons. The van der Waals surface area contributed by atoms with Crippen LogP contribution in [0.3, 0.4) is 0 Å². The molecular formula is C41H77N15O14. The van der Waals surface area contributed by atoms with Gasteiger partial charge in [-0.1, -0.05) is 13.8 Å². The molecule has 1 aliphatic heterocycles. The molecule has 1 heterocycles. The van der Waals surface area contributed by atoms with E-state index in [1.165, 1.54) is 6.92 Å². The monoisotopic (exact) mass is 1000 g/mol. The highest BCUT2D eigenvalue weighted by Gasteiger charge is 2.37. The normalized spacial score (nSPS) is 25.4. The highest BCUT2D eigenvalue weighted by atomic mass is 16.3. The van der Waals surface area contributed by atoms with Crippen LogP contribution in [-0.4, -0.2) is 198 Å². The minimum atomic E-state index is -1.85. The predicted molar refractivity (Wildman–Crippen MR) is 249 cm³/mol. The lowest BCUT2D eigenvalue weighted by molar-refractivity contribution is -0.137. The van der Waals surface area contributed by atoms with Gasteiger partial charge < -0.3 is 102 Å². The van der Waals surface area contributed by atoms with Crippen LogP contribution in [-0.2, 0) is 47.9 Å². The van der Waals surface area contributed by atoms with Gasteiger partial charge in [-0.2, -0.15) is 0 Å². The Labute approximate surface area is 405 Å². The molecule has 0 aromatic heterocycles. The van der Waals surface area contributed by atoms with Crippen LogP contribution in [0.4, 0.5) is 0 Å². The Hall–Kier alpha value is -5.66. The number of rotatable bonds is 20. The summed E-state index contributed by atoms with van der Waals surface area (Å²) < 4.78 is 0. The second-order valence-corrected chi connectivity index (χ2v) is 17.4. The standard InChI is InChI=1S/C41H77N15O14/c1-18(2)16-27-37(66)56-31(21(5)60)40(69)51-24(8-13-44)33(62)49-25(9-14-45)36(65)55-29(19(3)58)39(68)47-15-10-26(35(64)48-23(7-12-43)34(63)52-27)50-38(67)28(17-57)53-41(70)30(20(4)59)54-32(61)22(46)6-11-42/h18-31,57-60H,6-17,42-46H2,1-5H3,(H,47,68)(H,48,64)(H,49,62)(H,50,67)(H,51,69)(H,52,63)(H,53,70)(H,54,61)(H,55,65)(H,56,66)/t19-,20-,21-,22+,23+,24+,25+,26+,27-,28-,29+,30+,31+/m1/s1. The molecular weight excluding hydrogens is 927 g/mol. The minimum absolute atomic E-state index is 0.0239. The molecule has 0 radical (unpaired) electrons. The second-order valence-electron chi connectivity index (χ2n) is 17.4. The number of aliphatic hydroxyl groups is 4. The summed E-state index contributed by atoms with van der Waals surface area (Å²) >= 11 is 0. The average molecular weight is 1000 g/mol. The smallest absolute Gasteiger partial charge is 0.245 e. The Morgan fingerprint density at radius 3 is 1.47 bits per heavy atom. The third kappa shape index (κ3) is 20.7. The van der Waals surface area contributed by atoms with Gasteiger partial charge in [-0.15, -0.1) is 0 Å². The molecule has 13 atom stereocenters. The van der Waals surface area contributed by atoms with Crippen LogP contribution in [0.25, 0.3) is 0 Å². The van der Waals surface area contributed by atoms with E-state index in [0.29, 0.717) is 0 Å². The maximum absolute atomic E-state index is 14.1. The van der Waals surface area contributed by atoms with Crippen molar-refractivity contribution < 1.29 is 68.4 Å². The molecule has 0 spiro atoms. The number of nitrogens with one attached hydrogen (secondary N) is 10. The summed E-state index contributed by atoms with van der Waals surface area (Å²) in [5.74, 6) is -10.5. The highest BCUT2D eigenvalue weighted by Crippen LogP contribution is 2.10. The molecule has 70 heavy (non-hydrogen) atoms. The van der Waals surface area contributed by atoms with Gasteiger partial charge in [0.2, 0.25) is 59.1 Å². The van der Waals surface area contributed by atoms with Gasteiger partial charge in [0, 0.05) is 6.54 Å². The Kier molecular flexibility index (Phi) is 28.1. The first-order chi connectivity index (χ1) is 32.9. The van der Waals surface area contributed by atoms with E-state index >= 15 is 0 Å². The van der Waals surface area contributed by atoms with E-state index in [1.54, 1.807) is 13.8 Å².